The van der Waals surface area contributed by atoms with E-state index >= 15 is 0 Å². The molecule has 1 aromatic heterocycles. The molecule has 0 spiro atoms. The Morgan fingerprint density at radius 2 is 1.95 bits per heavy atom. The van der Waals surface area contributed by atoms with Crippen molar-refractivity contribution in [2.24, 2.45) is 5.84 Å². The number of hydrazine groups is 1. The number of halogens is 1. The second-order valence-electron chi connectivity index (χ2n) is 4.11. The predicted molar refractivity (Wildman–Crippen MR) is 73.2 cm³/mol. The van der Waals surface area contributed by atoms with Crippen molar-refractivity contribution in [3.63, 3.8) is 0 Å². The van der Waals surface area contributed by atoms with Crippen LogP contribution >= 0.6 is 0 Å². The normalized spacial score (nSPS) is 10.3. The van der Waals surface area contributed by atoms with E-state index in [4.69, 9.17) is 5.84 Å². The summed E-state index contributed by atoms with van der Waals surface area (Å²) in [6, 6.07) is 6.74. The van der Waals surface area contributed by atoms with E-state index in [9.17, 15) is 4.39 Å². The fraction of sp³-hybridized carbons (Fsp3) is 0.231. The number of benzene rings is 1. The standard InChI is InChI=1S/C13H16FN5/c1-9-12(17-8-18-13(9)19-15)16-7-6-10-4-2-3-5-11(10)14/h2-5,8H,6-7,15H2,1H3,(H2,16,17,18,19). The Morgan fingerprint density at radius 3 is 2.68 bits per heavy atom. The fourth-order valence-corrected chi connectivity index (χ4v) is 1.79. The molecule has 0 aliphatic rings. The predicted octanol–water partition coefficient (Wildman–Crippen LogP) is 1.86. The van der Waals surface area contributed by atoms with Gasteiger partial charge >= 0.3 is 0 Å². The molecule has 6 heteroatoms. The third kappa shape index (κ3) is 3.17. The van der Waals surface area contributed by atoms with E-state index in [1.807, 2.05) is 13.0 Å². The van der Waals surface area contributed by atoms with Crippen molar-refractivity contribution in [1.29, 1.82) is 0 Å². The van der Waals surface area contributed by atoms with Crippen LogP contribution < -0.4 is 16.6 Å². The summed E-state index contributed by atoms with van der Waals surface area (Å²) in [7, 11) is 0. The van der Waals surface area contributed by atoms with Gasteiger partial charge in [0.1, 0.15) is 23.8 Å². The highest BCUT2D eigenvalue weighted by molar-refractivity contribution is 5.55. The molecule has 2 aromatic rings. The number of rotatable bonds is 5. The zero-order valence-corrected chi connectivity index (χ0v) is 10.7. The quantitative estimate of drug-likeness (QED) is 0.566. The number of hydrogen-bond donors (Lipinski definition) is 3. The molecular weight excluding hydrogens is 245 g/mol. The van der Waals surface area contributed by atoms with Crippen molar-refractivity contribution in [2.75, 3.05) is 17.3 Å². The summed E-state index contributed by atoms with van der Waals surface area (Å²) in [5, 5.41) is 3.15. The van der Waals surface area contributed by atoms with E-state index in [0.29, 0.717) is 30.2 Å². The van der Waals surface area contributed by atoms with Crippen molar-refractivity contribution < 1.29 is 4.39 Å². The lowest BCUT2D eigenvalue weighted by molar-refractivity contribution is 0.610. The van der Waals surface area contributed by atoms with Crippen LogP contribution in [0.25, 0.3) is 0 Å². The lowest BCUT2D eigenvalue weighted by atomic mass is 10.1. The average Bonchev–Trinajstić information content (AvgIpc) is 2.43. The number of nitrogen functional groups attached to an aromatic ring is 1. The molecule has 0 aliphatic heterocycles. The number of nitrogens with zero attached hydrogens (tertiary/aromatic N) is 2. The van der Waals surface area contributed by atoms with E-state index in [1.165, 1.54) is 12.4 Å². The topological polar surface area (TPSA) is 75.9 Å². The van der Waals surface area contributed by atoms with Gasteiger partial charge in [-0.1, -0.05) is 18.2 Å². The summed E-state index contributed by atoms with van der Waals surface area (Å²) in [5.41, 5.74) is 4.01. The summed E-state index contributed by atoms with van der Waals surface area (Å²) >= 11 is 0. The van der Waals surface area contributed by atoms with E-state index in [2.05, 4.69) is 20.7 Å². The van der Waals surface area contributed by atoms with Gasteiger partial charge in [0.05, 0.1) is 0 Å². The lowest BCUT2D eigenvalue weighted by Crippen LogP contribution is -2.14. The van der Waals surface area contributed by atoms with Crippen LogP contribution in [0.5, 0.6) is 0 Å². The molecule has 4 N–H and O–H groups in total. The molecule has 2 rings (SSSR count). The van der Waals surface area contributed by atoms with Crippen LogP contribution in [0, 0.1) is 12.7 Å². The summed E-state index contributed by atoms with van der Waals surface area (Å²) < 4.78 is 13.4. The molecular formula is C13H16FN5. The van der Waals surface area contributed by atoms with Crippen molar-refractivity contribution in [1.82, 2.24) is 9.97 Å². The molecule has 1 aromatic carbocycles. The average molecular weight is 261 g/mol. The van der Waals surface area contributed by atoms with Gasteiger partial charge < -0.3 is 10.7 Å². The van der Waals surface area contributed by atoms with Gasteiger partial charge in [0.15, 0.2) is 0 Å². The lowest BCUT2D eigenvalue weighted by Gasteiger charge is -2.11. The van der Waals surface area contributed by atoms with E-state index in [-0.39, 0.29) is 5.82 Å². The number of nitrogens with two attached hydrogens (primary N) is 1. The summed E-state index contributed by atoms with van der Waals surface area (Å²) in [5.74, 6) is 6.42. The summed E-state index contributed by atoms with van der Waals surface area (Å²) in [6.07, 6.45) is 2.01. The minimum Gasteiger partial charge on any atom is -0.369 e. The number of hydrogen-bond acceptors (Lipinski definition) is 5. The minimum atomic E-state index is -0.187. The van der Waals surface area contributed by atoms with Crippen molar-refractivity contribution in [2.45, 2.75) is 13.3 Å². The minimum absolute atomic E-state index is 0.187. The van der Waals surface area contributed by atoms with Crippen LogP contribution in [0.4, 0.5) is 16.0 Å². The third-order valence-corrected chi connectivity index (χ3v) is 2.87. The molecule has 0 saturated heterocycles. The molecule has 1 heterocycles. The Balaban J connectivity index is 1.98. The van der Waals surface area contributed by atoms with Crippen LogP contribution in [0.1, 0.15) is 11.1 Å². The van der Waals surface area contributed by atoms with Gasteiger partial charge in [-0.05, 0) is 25.0 Å². The fourth-order valence-electron chi connectivity index (χ4n) is 1.79. The first-order chi connectivity index (χ1) is 9.22. The largest absolute Gasteiger partial charge is 0.369 e. The maximum Gasteiger partial charge on any atom is 0.148 e. The van der Waals surface area contributed by atoms with Gasteiger partial charge in [0, 0.05) is 12.1 Å². The number of nitrogens with one attached hydrogen (secondary N) is 2. The first-order valence-corrected chi connectivity index (χ1v) is 5.98. The van der Waals surface area contributed by atoms with Crippen molar-refractivity contribution >= 4 is 11.6 Å². The van der Waals surface area contributed by atoms with E-state index < -0.39 is 0 Å². The molecule has 0 unspecified atom stereocenters. The first kappa shape index (κ1) is 13.2. The maximum atomic E-state index is 13.4. The molecule has 0 atom stereocenters. The molecule has 19 heavy (non-hydrogen) atoms. The molecule has 0 aliphatic carbocycles. The van der Waals surface area contributed by atoms with E-state index in [1.54, 1.807) is 12.1 Å². The molecule has 0 saturated carbocycles. The molecule has 0 amide bonds. The Hall–Kier alpha value is -2.21. The Kier molecular flexibility index (Phi) is 4.25. The monoisotopic (exact) mass is 261 g/mol. The molecule has 0 radical (unpaired) electrons. The zero-order valence-electron chi connectivity index (χ0n) is 10.7. The van der Waals surface area contributed by atoms with Gasteiger partial charge in [-0.3, -0.25) is 0 Å². The van der Waals surface area contributed by atoms with Crippen LogP contribution in [0.2, 0.25) is 0 Å². The van der Waals surface area contributed by atoms with Crippen LogP contribution in [-0.2, 0) is 6.42 Å². The van der Waals surface area contributed by atoms with Crippen LogP contribution in [-0.4, -0.2) is 16.5 Å². The highest BCUT2D eigenvalue weighted by atomic mass is 19.1. The summed E-state index contributed by atoms with van der Waals surface area (Å²) in [6.45, 7) is 2.45. The van der Waals surface area contributed by atoms with Crippen LogP contribution in [0.15, 0.2) is 30.6 Å². The third-order valence-electron chi connectivity index (χ3n) is 2.87. The molecule has 5 nitrogen and oxygen atoms in total. The van der Waals surface area contributed by atoms with Gasteiger partial charge in [0.2, 0.25) is 0 Å². The van der Waals surface area contributed by atoms with E-state index in [0.717, 1.165) is 5.56 Å². The summed E-state index contributed by atoms with van der Waals surface area (Å²) in [4.78, 5) is 8.12. The van der Waals surface area contributed by atoms with Crippen molar-refractivity contribution in [3.05, 3.63) is 47.5 Å². The van der Waals surface area contributed by atoms with Gasteiger partial charge in [-0.15, -0.1) is 0 Å². The molecule has 100 valence electrons. The van der Waals surface area contributed by atoms with Crippen molar-refractivity contribution in [3.8, 4) is 0 Å². The van der Waals surface area contributed by atoms with Crippen LogP contribution in [0.3, 0.4) is 0 Å². The van der Waals surface area contributed by atoms with Gasteiger partial charge in [-0.25, -0.2) is 20.2 Å². The Bertz CT molecular complexity index is 558. The second-order valence-corrected chi connectivity index (χ2v) is 4.11. The smallest absolute Gasteiger partial charge is 0.148 e. The maximum absolute atomic E-state index is 13.4. The highest BCUT2D eigenvalue weighted by Crippen LogP contribution is 2.17. The Morgan fingerprint density at radius 1 is 1.21 bits per heavy atom. The SMILES string of the molecule is Cc1c(NN)ncnc1NCCc1ccccc1F. The molecule has 0 bridgehead atoms. The number of anilines is 2. The second kappa shape index (κ2) is 6.10. The molecule has 0 fully saturated rings. The van der Waals surface area contributed by atoms with Gasteiger partial charge in [-0.2, -0.15) is 0 Å². The van der Waals surface area contributed by atoms with Gasteiger partial charge in [0.25, 0.3) is 0 Å². The first-order valence-electron chi connectivity index (χ1n) is 5.98. The number of aromatic nitrogens is 2. The Labute approximate surface area is 111 Å². The highest BCUT2D eigenvalue weighted by Gasteiger charge is 2.06. The zero-order chi connectivity index (χ0) is 13.7.